The van der Waals surface area contributed by atoms with E-state index in [1.165, 1.54) is 0 Å². The Morgan fingerprint density at radius 3 is 1.90 bits per heavy atom. The van der Waals surface area contributed by atoms with E-state index in [0.717, 1.165) is 22.3 Å². The van der Waals surface area contributed by atoms with Crippen LogP contribution in [0.4, 0.5) is 0 Å². The summed E-state index contributed by atoms with van der Waals surface area (Å²) in [6, 6.07) is 34.5. The van der Waals surface area contributed by atoms with Gasteiger partial charge in [0.2, 0.25) is 5.79 Å². The van der Waals surface area contributed by atoms with E-state index in [4.69, 9.17) is 26.1 Å². The van der Waals surface area contributed by atoms with Crippen molar-refractivity contribution in [1.82, 2.24) is 9.97 Å². The molecule has 202 valence electrons. The van der Waals surface area contributed by atoms with Gasteiger partial charge in [-0.25, -0.2) is 4.98 Å². The molecule has 0 fully saturated rings. The summed E-state index contributed by atoms with van der Waals surface area (Å²) in [4.78, 5) is 8.50. The van der Waals surface area contributed by atoms with Crippen LogP contribution in [0, 0.1) is 0 Å². The van der Waals surface area contributed by atoms with Crippen LogP contribution < -0.4 is 4.74 Å². The Morgan fingerprint density at radius 2 is 1.38 bits per heavy atom. The highest BCUT2D eigenvalue weighted by molar-refractivity contribution is 6.30. The van der Waals surface area contributed by atoms with Gasteiger partial charge in [-0.2, -0.15) is 0 Å². The third-order valence-corrected chi connectivity index (χ3v) is 7.87. The number of hydrogen-bond acceptors (Lipinski definition) is 4. The van der Waals surface area contributed by atoms with Gasteiger partial charge in [0, 0.05) is 30.0 Å². The molecule has 1 aliphatic heterocycles. The lowest BCUT2D eigenvalue weighted by atomic mass is 9.69. The fourth-order valence-corrected chi connectivity index (χ4v) is 5.89. The van der Waals surface area contributed by atoms with E-state index in [1.54, 1.807) is 19.2 Å². The van der Waals surface area contributed by atoms with Crippen LogP contribution in [-0.4, -0.2) is 20.9 Å². The molecule has 1 aromatic heterocycles. The molecule has 6 heteroatoms. The number of hydrogen-bond donors (Lipinski definition) is 2. The van der Waals surface area contributed by atoms with Crippen molar-refractivity contribution < 1.29 is 14.6 Å². The number of fused-ring (bicyclic) bond motifs is 1. The molecule has 2 heterocycles. The molecule has 5 aromatic rings. The molecule has 1 atom stereocenters. The van der Waals surface area contributed by atoms with Gasteiger partial charge in [-0.15, -0.1) is 0 Å². The van der Waals surface area contributed by atoms with Crippen molar-refractivity contribution >= 4 is 11.6 Å². The number of ether oxygens (including phenoxy) is 2. The van der Waals surface area contributed by atoms with E-state index in [1.807, 2.05) is 74.5 Å². The fourth-order valence-electron chi connectivity index (χ4n) is 5.65. The van der Waals surface area contributed by atoms with Crippen LogP contribution in [0.25, 0.3) is 0 Å². The highest BCUT2D eigenvalue weighted by Gasteiger charge is 2.43. The third-order valence-electron chi connectivity index (χ3n) is 7.65. The Bertz CT molecular complexity index is 1530. The maximum absolute atomic E-state index is 12.1. The second-order valence-electron chi connectivity index (χ2n) is 10.8. The molecule has 2 N–H and O–H groups in total. The summed E-state index contributed by atoms with van der Waals surface area (Å²) in [5.74, 6) is 0.419. The van der Waals surface area contributed by atoms with E-state index in [2.05, 4.69) is 41.4 Å². The minimum Gasteiger partial charge on any atom is -0.462 e. The smallest absolute Gasteiger partial charge is 0.205 e. The van der Waals surface area contributed by atoms with Gasteiger partial charge in [0.15, 0.2) is 0 Å². The van der Waals surface area contributed by atoms with Gasteiger partial charge in [-0.3, -0.25) is 0 Å². The van der Waals surface area contributed by atoms with Crippen molar-refractivity contribution in [1.29, 1.82) is 0 Å². The van der Waals surface area contributed by atoms with Crippen LogP contribution in [0.3, 0.4) is 0 Å². The molecule has 4 aromatic carbocycles. The van der Waals surface area contributed by atoms with Gasteiger partial charge in [0.05, 0.1) is 18.5 Å². The van der Waals surface area contributed by atoms with Crippen molar-refractivity contribution in [3.63, 3.8) is 0 Å². The number of nitrogens with zero attached hydrogens (tertiary/aromatic N) is 1. The van der Waals surface area contributed by atoms with Crippen molar-refractivity contribution in [2.75, 3.05) is 0 Å². The topological polar surface area (TPSA) is 67.4 Å². The standard InChI is InChI=1S/C34H31ClN2O3/c1-32(2)39-22-23-19-27(35)20-28(30(23)40-32)33(3,38)29-21-36-31(37-29)34(24-13-7-4-8-14-24,25-15-9-5-10-16-25)26-17-11-6-12-18-26/h4-21,38H,22H2,1-3H3,(H,36,37). The maximum Gasteiger partial charge on any atom is 0.205 e. The molecule has 0 aliphatic carbocycles. The van der Waals surface area contributed by atoms with Crippen LogP contribution >= 0.6 is 11.6 Å². The molecule has 0 saturated heterocycles. The lowest BCUT2D eigenvalue weighted by Crippen LogP contribution is -2.37. The molecule has 40 heavy (non-hydrogen) atoms. The van der Waals surface area contributed by atoms with Gasteiger partial charge in [0.25, 0.3) is 0 Å². The number of aliphatic hydroxyl groups is 1. The minimum atomic E-state index is -1.50. The number of nitrogens with one attached hydrogen (secondary N) is 1. The average molecular weight is 551 g/mol. The van der Waals surface area contributed by atoms with Gasteiger partial charge in [0.1, 0.15) is 22.6 Å². The lowest BCUT2D eigenvalue weighted by molar-refractivity contribution is -0.181. The van der Waals surface area contributed by atoms with Gasteiger partial charge in [-0.1, -0.05) is 103 Å². The monoisotopic (exact) mass is 550 g/mol. The SMILES string of the molecule is CC1(C)OCc2cc(Cl)cc(C(C)(O)c3cnc(C(c4ccccc4)(c4ccccc4)c4ccccc4)[nH]3)c2O1. The molecule has 0 saturated carbocycles. The molecule has 0 radical (unpaired) electrons. The first-order chi connectivity index (χ1) is 19.2. The normalized spacial score (nSPS) is 16.0. The predicted molar refractivity (Wildman–Crippen MR) is 157 cm³/mol. The maximum atomic E-state index is 12.1. The lowest BCUT2D eigenvalue weighted by Gasteiger charge is -2.36. The third kappa shape index (κ3) is 4.40. The zero-order valence-corrected chi connectivity index (χ0v) is 23.4. The quantitative estimate of drug-likeness (QED) is 0.217. The molecule has 1 unspecified atom stereocenters. The number of aromatic nitrogens is 2. The Labute approximate surface area is 239 Å². The first kappa shape index (κ1) is 26.3. The van der Waals surface area contributed by atoms with Crippen LogP contribution in [-0.2, 0) is 22.4 Å². The summed E-state index contributed by atoms with van der Waals surface area (Å²) < 4.78 is 12.1. The summed E-state index contributed by atoms with van der Waals surface area (Å²) in [6.45, 7) is 5.77. The molecular formula is C34H31ClN2O3. The van der Waals surface area contributed by atoms with Gasteiger partial charge >= 0.3 is 0 Å². The Hall–Kier alpha value is -3.90. The van der Waals surface area contributed by atoms with Crippen molar-refractivity contribution in [3.8, 4) is 5.75 Å². The van der Waals surface area contributed by atoms with Crippen LogP contribution in [0.15, 0.2) is 109 Å². The van der Waals surface area contributed by atoms with Gasteiger partial charge < -0.3 is 19.6 Å². The molecular weight excluding hydrogens is 520 g/mol. The first-order valence-electron chi connectivity index (χ1n) is 13.3. The Balaban J connectivity index is 1.57. The summed E-state index contributed by atoms with van der Waals surface area (Å²) in [7, 11) is 0. The van der Waals surface area contributed by atoms with Crippen molar-refractivity contribution in [2.24, 2.45) is 0 Å². The zero-order chi connectivity index (χ0) is 28.0. The highest BCUT2D eigenvalue weighted by atomic mass is 35.5. The van der Waals surface area contributed by atoms with Crippen LogP contribution in [0.5, 0.6) is 5.75 Å². The second-order valence-corrected chi connectivity index (χ2v) is 11.2. The van der Waals surface area contributed by atoms with Crippen LogP contribution in [0.1, 0.15) is 60.1 Å². The number of halogens is 1. The fraction of sp³-hybridized carbons (Fsp3) is 0.206. The first-order valence-corrected chi connectivity index (χ1v) is 13.7. The number of benzene rings is 4. The Morgan fingerprint density at radius 1 is 0.850 bits per heavy atom. The van der Waals surface area contributed by atoms with Gasteiger partial charge in [-0.05, 0) is 35.7 Å². The second kappa shape index (κ2) is 9.93. The van der Waals surface area contributed by atoms with Crippen molar-refractivity contribution in [2.45, 2.75) is 44.2 Å². The number of H-pyrrole nitrogens is 1. The van der Waals surface area contributed by atoms with E-state index in [0.29, 0.717) is 34.5 Å². The Kier molecular flexibility index (Phi) is 6.54. The highest BCUT2D eigenvalue weighted by Crippen LogP contribution is 2.46. The molecule has 0 bridgehead atoms. The number of rotatable bonds is 6. The van der Waals surface area contributed by atoms with E-state index in [-0.39, 0.29) is 0 Å². The summed E-state index contributed by atoms with van der Waals surface area (Å²) in [6.07, 6.45) is 1.71. The summed E-state index contributed by atoms with van der Waals surface area (Å²) in [5, 5.41) is 12.6. The van der Waals surface area contributed by atoms with E-state index in [9.17, 15) is 5.11 Å². The molecule has 0 spiro atoms. The largest absolute Gasteiger partial charge is 0.462 e. The molecule has 0 amide bonds. The minimum absolute atomic E-state index is 0.333. The molecule has 1 aliphatic rings. The molecule has 6 rings (SSSR count). The number of imidazole rings is 1. The zero-order valence-electron chi connectivity index (χ0n) is 22.7. The van der Waals surface area contributed by atoms with Crippen LogP contribution in [0.2, 0.25) is 5.02 Å². The molecule has 5 nitrogen and oxygen atoms in total. The van der Waals surface area contributed by atoms with E-state index >= 15 is 0 Å². The predicted octanol–water partition coefficient (Wildman–Crippen LogP) is 7.35. The van der Waals surface area contributed by atoms with E-state index < -0.39 is 16.8 Å². The summed E-state index contributed by atoms with van der Waals surface area (Å²) in [5.41, 5.74) is 2.75. The number of aromatic amines is 1. The van der Waals surface area contributed by atoms with Crippen molar-refractivity contribution in [3.05, 3.63) is 154 Å². The average Bonchev–Trinajstić information content (AvgIpc) is 3.46. The summed E-state index contributed by atoms with van der Waals surface area (Å²) >= 11 is 6.52.